The summed E-state index contributed by atoms with van der Waals surface area (Å²) in [6.07, 6.45) is 5.23. The summed E-state index contributed by atoms with van der Waals surface area (Å²) in [6.45, 7) is 4.97. The number of carbonyl (C=O) groups is 1. The number of nitrogens with one attached hydrogen (secondary N) is 2. The number of rotatable bonds is 9. The largest absolute Gasteiger partial charge is 0.480 e. The van der Waals surface area contributed by atoms with Crippen LogP contribution in [0.15, 0.2) is 36.8 Å². The number of hydrogen-bond acceptors (Lipinski definition) is 14. The number of ether oxygens (including phenoxy) is 2. The van der Waals surface area contributed by atoms with Crippen molar-refractivity contribution in [3.63, 3.8) is 0 Å². The molecule has 0 atom stereocenters. The van der Waals surface area contributed by atoms with Crippen molar-refractivity contribution >= 4 is 44.4 Å². The van der Waals surface area contributed by atoms with Crippen molar-refractivity contribution in [3.8, 4) is 17.1 Å². The van der Waals surface area contributed by atoms with Gasteiger partial charge in [-0.25, -0.2) is 43.2 Å². The number of hydrogen-bond donors (Lipinski definition) is 3. The number of methoxy groups -OCH3 is 1. The number of carbonyl (C=O) groups excluding carboxylic acids is 1. The molecule has 2 aliphatic heterocycles. The number of benzene rings is 1. The third-order valence-electron chi connectivity index (χ3n) is 7.79. The van der Waals surface area contributed by atoms with Crippen LogP contribution in [0.4, 0.5) is 22.0 Å². The Morgan fingerprint density at radius 1 is 0.979 bits per heavy atom. The lowest BCUT2D eigenvalue weighted by Crippen LogP contribution is -2.46. The Morgan fingerprint density at radius 3 is 2.34 bits per heavy atom. The van der Waals surface area contributed by atoms with Crippen LogP contribution >= 0.6 is 0 Å². The van der Waals surface area contributed by atoms with Crippen LogP contribution in [0.1, 0.15) is 15.9 Å². The van der Waals surface area contributed by atoms with E-state index in [1.807, 2.05) is 9.80 Å². The molecule has 0 aliphatic carbocycles. The number of nitrogens with zero attached hydrogens (tertiary/aromatic N) is 8. The van der Waals surface area contributed by atoms with Gasteiger partial charge in [0.05, 0.1) is 43.4 Å². The molecule has 248 valence electrons. The number of fused-ring (bicyclic) bond motifs is 1. The van der Waals surface area contributed by atoms with Crippen molar-refractivity contribution in [2.75, 3.05) is 80.4 Å². The van der Waals surface area contributed by atoms with Crippen LogP contribution < -0.4 is 24.7 Å². The third-order valence-corrected chi connectivity index (χ3v) is 8.38. The molecular formula is C29H33FN10O6S. The van der Waals surface area contributed by atoms with Crippen LogP contribution in [0.3, 0.4) is 0 Å². The molecule has 1 amide bonds. The van der Waals surface area contributed by atoms with Crippen LogP contribution in [0.25, 0.3) is 22.2 Å². The average molecular weight is 669 g/mol. The van der Waals surface area contributed by atoms with Gasteiger partial charge in [0.15, 0.2) is 0 Å². The monoisotopic (exact) mass is 668 g/mol. The number of pyridine rings is 1. The van der Waals surface area contributed by atoms with E-state index in [4.69, 9.17) is 24.6 Å². The van der Waals surface area contributed by atoms with E-state index in [0.717, 1.165) is 6.26 Å². The summed E-state index contributed by atoms with van der Waals surface area (Å²) < 4.78 is 52.7. The molecule has 0 radical (unpaired) electrons. The number of hydroxylamine groups is 1. The lowest BCUT2D eigenvalue weighted by atomic mass is 10.0. The molecule has 18 heteroatoms. The molecule has 16 nitrogen and oxygen atoms in total. The molecule has 0 unspecified atom stereocenters. The lowest BCUT2D eigenvalue weighted by Gasteiger charge is -2.35. The molecule has 1 aromatic carbocycles. The first-order valence-corrected chi connectivity index (χ1v) is 16.6. The fourth-order valence-corrected chi connectivity index (χ4v) is 6.07. The van der Waals surface area contributed by atoms with Gasteiger partial charge in [-0.15, -0.1) is 0 Å². The van der Waals surface area contributed by atoms with Crippen molar-refractivity contribution in [2.45, 2.75) is 6.54 Å². The zero-order valence-electron chi connectivity index (χ0n) is 25.7. The van der Waals surface area contributed by atoms with Crippen LogP contribution in [-0.2, 0) is 21.3 Å². The van der Waals surface area contributed by atoms with Gasteiger partial charge in [0, 0.05) is 75.4 Å². The van der Waals surface area contributed by atoms with Crippen molar-refractivity contribution in [3.05, 3.63) is 53.7 Å². The van der Waals surface area contributed by atoms with Crippen molar-refractivity contribution < 1.29 is 32.3 Å². The maximum atomic E-state index is 15.3. The van der Waals surface area contributed by atoms with Gasteiger partial charge in [0.1, 0.15) is 11.5 Å². The molecule has 47 heavy (non-hydrogen) atoms. The third kappa shape index (κ3) is 7.30. The highest BCUT2D eigenvalue weighted by Crippen LogP contribution is 2.35. The minimum atomic E-state index is -3.66. The predicted molar refractivity (Wildman–Crippen MR) is 170 cm³/mol. The van der Waals surface area contributed by atoms with Gasteiger partial charge in [-0.2, -0.15) is 0 Å². The van der Waals surface area contributed by atoms with Gasteiger partial charge < -0.3 is 19.3 Å². The molecule has 2 saturated heterocycles. The van der Waals surface area contributed by atoms with Crippen molar-refractivity contribution in [1.82, 2.24) is 35.3 Å². The summed E-state index contributed by atoms with van der Waals surface area (Å²) in [5.74, 6) is -0.180. The number of sulfonamides is 1. The lowest BCUT2D eigenvalue weighted by molar-refractivity contribution is 0.0705. The maximum absolute atomic E-state index is 15.3. The van der Waals surface area contributed by atoms with Gasteiger partial charge in [-0.3, -0.25) is 19.6 Å². The van der Waals surface area contributed by atoms with Gasteiger partial charge in [0.25, 0.3) is 5.91 Å². The van der Waals surface area contributed by atoms with Crippen LogP contribution in [0, 0.1) is 5.82 Å². The molecule has 2 aliphatic rings. The smallest absolute Gasteiger partial charge is 0.277 e. The zero-order valence-corrected chi connectivity index (χ0v) is 26.5. The van der Waals surface area contributed by atoms with Gasteiger partial charge >= 0.3 is 0 Å². The van der Waals surface area contributed by atoms with E-state index in [2.05, 4.69) is 24.6 Å². The van der Waals surface area contributed by atoms with Crippen molar-refractivity contribution in [2.24, 2.45) is 0 Å². The number of morpholine rings is 1. The summed E-state index contributed by atoms with van der Waals surface area (Å²) in [7, 11) is -2.28. The highest BCUT2D eigenvalue weighted by Gasteiger charge is 2.24. The summed E-state index contributed by atoms with van der Waals surface area (Å²) in [5, 5.41) is 9.27. The normalized spacial score (nSPS) is 15.9. The second-order valence-corrected chi connectivity index (χ2v) is 12.8. The highest BCUT2D eigenvalue weighted by molar-refractivity contribution is 7.92. The molecule has 6 rings (SSSR count). The maximum Gasteiger partial charge on any atom is 0.277 e. The Balaban J connectivity index is 1.33. The van der Waals surface area contributed by atoms with E-state index in [1.54, 1.807) is 11.5 Å². The molecule has 2 fully saturated rings. The first kappa shape index (κ1) is 32.2. The quantitative estimate of drug-likeness (QED) is 0.171. The van der Waals surface area contributed by atoms with Gasteiger partial charge in [-0.1, -0.05) is 0 Å². The molecule has 5 heterocycles. The molecule has 0 saturated carbocycles. The first-order valence-electron chi connectivity index (χ1n) is 14.7. The number of anilines is 3. The van der Waals surface area contributed by atoms with Crippen LogP contribution in [-0.4, -0.2) is 115 Å². The number of aromatic nitrogens is 5. The van der Waals surface area contributed by atoms with Gasteiger partial charge in [-0.05, 0) is 23.8 Å². The van der Waals surface area contributed by atoms with Crippen LogP contribution in [0.5, 0.6) is 5.88 Å². The SMILES string of the molecule is COc1ncc(-c2nc(N3CCOCC3)nc3c(CN4CCN(c5ncc(C(=O)NO)cn5)CC4)cc(F)cc23)cc1NS(C)(=O)=O. The molecule has 4 aromatic rings. The van der Waals surface area contributed by atoms with E-state index in [0.29, 0.717) is 98.6 Å². The number of piperazine rings is 1. The van der Waals surface area contributed by atoms with E-state index < -0.39 is 21.7 Å². The fraction of sp³-hybridized carbons (Fsp3) is 0.379. The summed E-state index contributed by atoms with van der Waals surface area (Å²) in [5.41, 5.74) is 3.89. The Morgan fingerprint density at radius 2 is 1.68 bits per heavy atom. The summed E-state index contributed by atoms with van der Waals surface area (Å²) in [4.78, 5) is 40.3. The average Bonchev–Trinajstić information content (AvgIpc) is 3.07. The number of amides is 1. The Kier molecular flexibility index (Phi) is 9.26. The Bertz CT molecular complexity index is 1890. The highest BCUT2D eigenvalue weighted by atomic mass is 32.2. The molecular weight excluding hydrogens is 635 g/mol. The Hall–Kier alpha value is -4.78. The second kappa shape index (κ2) is 13.5. The summed E-state index contributed by atoms with van der Waals surface area (Å²) in [6, 6.07) is 4.42. The predicted octanol–water partition coefficient (Wildman–Crippen LogP) is 1.28. The Labute approximate surface area is 269 Å². The minimum absolute atomic E-state index is 0.0777. The van der Waals surface area contributed by atoms with E-state index in [1.165, 1.54) is 37.8 Å². The molecule has 3 aromatic heterocycles. The van der Waals surface area contributed by atoms with Gasteiger partial charge in [0.2, 0.25) is 27.8 Å². The van der Waals surface area contributed by atoms with E-state index in [-0.39, 0.29) is 17.1 Å². The van der Waals surface area contributed by atoms with E-state index in [9.17, 15) is 13.2 Å². The zero-order chi connectivity index (χ0) is 33.1. The molecule has 3 N–H and O–H groups in total. The molecule has 0 bridgehead atoms. The van der Waals surface area contributed by atoms with Crippen LogP contribution in [0.2, 0.25) is 0 Å². The number of halogens is 1. The topological polar surface area (TPSA) is 188 Å². The minimum Gasteiger partial charge on any atom is -0.480 e. The standard InChI is InChI=1S/C29H33FN10O6S/c1-45-27-23(37-47(2,43)44)12-18(14-31-27)24-22-13-21(30)11-19(25(22)35-29(34-24)40-7-9-46-10-8-40)17-38-3-5-39(6-4-38)28-32-15-20(16-33-28)26(41)36-42/h11-16,37,42H,3-10,17H2,1-2H3,(H,36,41). The van der Waals surface area contributed by atoms with Crippen molar-refractivity contribution in [1.29, 1.82) is 0 Å². The fourth-order valence-electron chi connectivity index (χ4n) is 5.53. The summed E-state index contributed by atoms with van der Waals surface area (Å²) >= 11 is 0. The molecule has 0 spiro atoms. The first-order chi connectivity index (χ1) is 22.6. The van der Waals surface area contributed by atoms with E-state index >= 15 is 4.39 Å². The second-order valence-electron chi connectivity index (χ2n) is 11.1.